The topological polar surface area (TPSA) is 24.9 Å². The Bertz CT molecular complexity index is 3720. The molecule has 0 saturated heterocycles. The second-order valence-corrected chi connectivity index (χ2v) is 21.3. The molecule has 3 heterocycles. The fourth-order valence-corrected chi connectivity index (χ4v) is 13.6. The lowest BCUT2D eigenvalue weighted by atomic mass is 9.63. The van der Waals surface area contributed by atoms with Crippen LogP contribution in [0.2, 0.25) is 0 Å². The molecule has 0 radical (unpaired) electrons. The van der Waals surface area contributed by atoms with Crippen molar-refractivity contribution in [2.24, 2.45) is 0 Å². The van der Waals surface area contributed by atoms with Gasteiger partial charge >= 0.3 is 0 Å². The third-order valence-corrected chi connectivity index (χ3v) is 17.1. The van der Waals surface area contributed by atoms with Gasteiger partial charge in [0, 0.05) is 33.6 Å². The van der Waals surface area contributed by atoms with Crippen LogP contribution in [-0.4, -0.2) is 0 Å². The monoisotopic (exact) mass is 962 g/mol. The van der Waals surface area contributed by atoms with Gasteiger partial charge in [-0.25, -0.2) is 0 Å². The molecule has 0 spiro atoms. The van der Waals surface area contributed by atoms with Crippen LogP contribution < -0.4 is 19.3 Å². The quantitative estimate of drug-likeness (QED) is 0.165. The highest BCUT2D eigenvalue weighted by Crippen LogP contribution is 2.64. The molecule has 10 aromatic carbocycles. The van der Waals surface area contributed by atoms with Crippen LogP contribution in [0.4, 0.5) is 34.1 Å². The molecule has 0 N–H and O–H groups in total. The largest absolute Gasteiger partial charge is 0.454 e. The molecule has 0 saturated carbocycles. The zero-order valence-corrected chi connectivity index (χ0v) is 41.3. The zero-order chi connectivity index (χ0) is 48.0. The van der Waals surface area contributed by atoms with Crippen LogP contribution in [0, 0.1) is 0 Å². The van der Waals surface area contributed by atoms with Crippen molar-refractivity contribution in [3.63, 3.8) is 0 Å². The summed E-state index contributed by atoms with van der Waals surface area (Å²) in [6, 6.07) is 83.4. The number of fused-ring (bicyclic) bond motifs is 10. The molecule has 0 unspecified atom stereocenters. The summed E-state index contributed by atoms with van der Waals surface area (Å²) in [5.41, 5.74) is 14.5. The summed E-state index contributed by atoms with van der Waals surface area (Å²) in [5.74, 6) is 3.41. The van der Waals surface area contributed by atoms with Gasteiger partial charge in [-0.3, -0.25) is 0 Å². The predicted octanol–water partition coefficient (Wildman–Crippen LogP) is 18.6. The Balaban J connectivity index is 1.08. The number of ether oxygens (including phenoxy) is 2. The molecule has 344 valence electrons. The van der Waals surface area contributed by atoms with Gasteiger partial charge in [0.15, 0.2) is 5.75 Å². The lowest BCUT2D eigenvalue weighted by Crippen LogP contribution is -2.34. The first-order valence-corrected chi connectivity index (χ1v) is 26.1. The molecule has 72 heavy (non-hydrogen) atoms. The average molecular weight is 963 g/mol. The number of benzene rings is 10. The Kier molecular flexibility index (Phi) is 9.92. The molecule has 1 aliphatic carbocycles. The van der Waals surface area contributed by atoms with E-state index in [4.69, 9.17) is 9.47 Å². The lowest BCUT2D eigenvalue weighted by Gasteiger charge is -2.44. The Morgan fingerprint density at radius 2 is 0.917 bits per heavy atom. The Morgan fingerprint density at radius 3 is 1.57 bits per heavy atom. The number of rotatable bonds is 6. The van der Waals surface area contributed by atoms with Crippen molar-refractivity contribution >= 4 is 69.8 Å². The van der Waals surface area contributed by atoms with Gasteiger partial charge in [0.1, 0.15) is 17.2 Å². The molecule has 0 amide bonds. The molecule has 6 heteroatoms. The Hall–Kier alpha value is -8.16. The molecule has 4 nitrogen and oxygen atoms in total. The number of hydrogen-bond donors (Lipinski definition) is 0. The molecule has 14 rings (SSSR count). The van der Waals surface area contributed by atoms with Gasteiger partial charge in [0.05, 0.1) is 42.1 Å². The molecule has 0 aromatic heterocycles. The second kappa shape index (κ2) is 16.7. The van der Waals surface area contributed by atoms with E-state index in [1.165, 1.54) is 11.1 Å². The van der Waals surface area contributed by atoms with Crippen LogP contribution >= 0.6 is 23.5 Å². The van der Waals surface area contributed by atoms with Crippen molar-refractivity contribution in [2.75, 3.05) is 9.80 Å². The third-order valence-electron chi connectivity index (χ3n) is 14.8. The minimum atomic E-state index is -0.849. The molecule has 4 aliphatic rings. The maximum absolute atomic E-state index is 7.41. The normalized spacial score (nSPS) is 14.8. The maximum atomic E-state index is 7.41. The van der Waals surface area contributed by atoms with E-state index in [1.54, 1.807) is 23.5 Å². The van der Waals surface area contributed by atoms with E-state index < -0.39 is 5.41 Å². The van der Waals surface area contributed by atoms with Gasteiger partial charge < -0.3 is 19.3 Å². The standard InChI is InChI=1S/C66H46N2O2S2/c1-65(2)51-29-15-16-30-54(51)68(55-39-35-47(41-53(55)65)67(45-25-11-5-12-26-45)46-27-13-6-14-28-46)56-42-52-49(63-64(56)72-60-34-20-18-32-58(60)70-63)37-36-48-50(38-40-61-62(48)69-57-31-17-19-33-59(57)71-61)66(52,43-21-7-3-8-22-43)44-23-9-4-10-24-44/h3-42H,1-2H3. The summed E-state index contributed by atoms with van der Waals surface area (Å²) in [5, 5.41) is 0. The minimum Gasteiger partial charge on any atom is -0.454 e. The summed E-state index contributed by atoms with van der Waals surface area (Å²) in [6.07, 6.45) is 4.58. The highest BCUT2D eigenvalue weighted by atomic mass is 32.2. The van der Waals surface area contributed by atoms with E-state index in [2.05, 4.69) is 266 Å². The summed E-state index contributed by atoms with van der Waals surface area (Å²) >= 11 is 3.55. The van der Waals surface area contributed by atoms with E-state index in [1.807, 2.05) is 0 Å². The summed E-state index contributed by atoms with van der Waals surface area (Å²) in [6.45, 7) is 4.75. The first kappa shape index (κ1) is 42.7. The first-order chi connectivity index (χ1) is 35.5. The van der Waals surface area contributed by atoms with Crippen LogP contribution in [0.25, 0.3) is 12.2 Å². The number of hydrogen-bond acceptors (Lipinski definition) is 6. The van der Waals surface area contributed by atoms with E-state index in [9.17, 15) is 0 Å². The summed E-state index contributed by atoms with van der Waals surface area (Å²) in [7, 11) is 0. The van der Waals surface area contributed by atoms with Gasteiger partial charge in [-0.2, -0.15) is 0 Å². The van der Waals surface area contributed by atoms with E-state index in [0.29, 0.717) is 0 Å². The van der Waals surface area contributed by atoms with E-state index >= 15 is 0 Å². The first-order valence-electron chi connectivity index (χ1n) is 24.5. The third kappa shape index (κ3) is 6.49. The van der Waals surface area contributed by atoms with Crippen molar-refractivity contribution < 1.29 is 9.47 Å². The van der Waals surface area contributed by atoms with Gasteiger partial charge in [-0.05, 0) is 118 Å². The molecular weight excluding hydrogens is 917 g/mol. The van der Waals surface area contributed by atoms with Crippen molar-refractivity contribution in [3.05, 3.63) is 275 Å². The Labute approximate surface area is 428 Å². The van der Waals surface area contributed by atoms with Crippen molar-refractivity contribution in [3.8, 4) is 23.0 Å². The molecule has 3 aliphatic heterocycles. The van der Waals surface area contributed by atoms with Gasteiger partial charge in [-0.1, -0.05) is 195 Å². The summed E-state index contributed by atoms with van der Waals surface area (Å²) in [4.78, 5) is 9.21. The zero-order valence-electron chi connectivity index (χ0n) is 39.6. The number of nitrogens with zero attached hydrogens (tertiary/aromatic N) is 2. The average Bonchev–Trinajstić information content (AvgIpc) is 3.59. The fraction of sp³-hybridized carbons (Fsp3) is 0.0606. The van der Waals surface area contributed by atoms with Crippen LogP contribution in [0.5, 0.6) is 23.0 Å². The SMILES string of the molecule is CC1(C)c2ccccc2N(c2cc3c(c4c2Sc2ccccc2O4)C=Cc2c(ccc4c2Oc2ccccc2S4)C3(c2ccccc2)c2ccccc2)c2ccc(N(c3ccccc3)c3ccccc3)cc21. The Morgan fingerprint density at radius 1 is 0.389 bits per heavy atom. The van der Waals surface area contributed by atoms with Gasteiger partial charge in [0.25, 0.3) is 0 Å². The van der Waals surface area contributed by atoms with Crippen molar-refractivity contribution in [2.45, 2.75) is 44.3 Å². The van der Waals surface area contributed by atoms with Crippen molar-refractivity contribution in [1.82, 2.24) is 0 Å². The lowest BCUT2D eigenvalue weighted by molar-refractivity contribution is 0.451. The number of para-hydroxylation sites is 5. The number of anilines is 6. The van der Waals surface area contributed by atoms with Crippen molar-refractivity contribution in [1.29, 1.82) is 0 Å². The highest BCUT2D eigenvalue weighted by Gasteiger charge is 2.47. The van der Waals surface area contributed by atoms with Crippen LogP contribution in [-0.2, 0) is 10.8 Å². The van der Waals surface area contributed by atoms with E-state index in [-0.39, 0.29) is 5.41 Å². The molecule has 0 fully saturated rings. The molecule has 0 bridgehead atoms. The van der Waals surface area contributed by atoms with Crippen LogP contribution in [0.1, 0.15) is 58.4 Å². The van der Waals surface area contributed by atoms with Gasteiger partial charge in [0.2, 0.25) is 0 Å². The maximum Gasteiger partial charge on any atom is 0.151 e. The molecule has 10 aromatic rings. The van der Waals surface area contributed by atoms with E-state index in [0.717, 1.165) is 110 Å². The smallest absolute Gasteiger partial charge is 0.151 e. The summed E-state index contributed by atoms with van der Waals surface area (Å²) < 4.78 is 14.4. The molecule has 0 atom stereocenters. The van der Waals surface area contributed by atoms with Crippen LogP contribution in [0.3, 0.4) is 0 Å². The highest BCUT2D eigenvalue weighted by molar-refractivity contribution is 8.00. The van der Waals surface area contributed by atoms with Gasteiger partial charge in [-0.15, -0.1) is 0 Å². The molecular formula is C66H46N2O2S2. The minimum absolute atomic E-state index is 0.366. The fourth-order valence-electron chi connectivity index (χ4n) is 11.6. The second-order valence-electron chi connectivity index (χ2n) is 19.2. The predicted molar refractivity (Wildman–Crippen MR) is 296 cm³/mol. The van der Waals surface area contributed by atoms with Crippen LogP contribution in [0.15, 0.2) is 250 Å².